The smallest absolute Gasteiger partial charge is 0.191 e. The van der Waals surface area contributed by atoms with E-state index >= 15 is 0 Å². The Morgan fingerprint density at radius 3 is 3.04 bits per heavy atom. The van der Waals surface area contributed by atoms with Crippen LogP contribution in [0.1, 0.15) is 32.3 Å². The molecule has 1 aliphatic carbocycles. The Morgan fingerprint density at radius 2 is 2.19 bits per heavy atom. The second-order valence-corrected chi connectivity index (χ2v) is 8.15. The number of hydrogen-bond acceptors (Lipinski definition) is 2. The maximum atomic E-state index is 5.88. The van der Waals surface area contributed by atoms with E-state index in [9.17, 15) is 0 Å². The lowest BCUT2D eigenvalue weighted by Crippen LogP contribution is -2.67. The SMILES string of the molecule is CN=C(NCCCc1c[nH]c2ccccc12)NC1C2CCOC2C1(C)C. The van der Waals surface area contributed by atoms with Crippen LogP contribution >= 0.6 is 0 Å². The van der Waals surface area contributed by atoms with Crippen molar-refractivity contribution < 1.29 is 4.74 Å². The number of hydrogen-bond donors (Lipinski definition) is 3. The fourth-order valence-corrected chi connectivity index (χ4v) is 4.78. The molecule has 4 rings (SSSR count). The van der Waals surface area contributed by atoms with Crippen LogP contribution in [0.3, 0.4) is 0 Å². The van der Waals surface area contributed by atoms with Crippen LogP contribution in [-0.2, 0) is 11.2 Å². The zero-order valence-electron chi connectivity index (χ0n) is 16.0. The second kappa shape index (κ2) is 6.95. The molecule has 1 aromatic carbocycles. The Labute approximate surface area is 155 Å². The quantitative estimate of drug-likeness (QED) is 0.439. The minimum atomic E-state index is 0.169. The van der Waals surface area contributed by atoms with E-state index in [-0.39, 0.29) is 5.41 Å². The summed E-state index contributed by atoms with van der Waals surface area (Å²) >= 11 is 0. The van der Waals surface area contributed by atoms with Gasteiger partial charge in [0.05, 0.1) is 6.10 Å². The van der Waals surface area contributed by atoms with Gasteiger partial charge in [0.25, 0.3) is 0 Å². The zero-order chi connectivity index (χ0) is 18.1. The maximum Gasteiger partial charge on any atom is 0.191 e. The number of aromatic nitrogens is 1. The Hall–Kier alpha value is -2.01. The predicted molar refractivity (Wildman–Crippen MR) is 107 cm³/mol. The molecule has 3 atom stereocenters. The van der Waals surface area contributed by atoms with Crippen molar-refractivity contribution in [2.75, 3.05) is 20.2 Å². The molecule has 2 heterocycles. The molecule has 0 spiro atoms. The molecule has 140 valence electrons. The molecule has 3 N–H and O–H groups in total. The molecular weight excluding hydrogens is 324 g/mol. The summed E-state index contributed by atoms with van der Waals surface area (Å²) in [7, 11) is 1.85. The third-order valence-electron chi connectivity index (χ3n) is 6.21. The van der Waals surface area contributed by atoms with E-state index in [1.54, 1.807) is 0 Å². The van der Waals surface area contributed by atoms with E-state index in [4.69, 9.17) is 4.74 Å². The average Bonchev–Trinajstić information content (AvgIpc) is 3.27. The molecular formula is C21H30N4O. The molecule has 0 radical (unpaired) electrons. The largest absolute Gasteiger partial charge is 0.377 e. The number of ether oxygens (including phenoxy) is 1. The van der Waals surface area contributed by atoms with Gasteiger partial charge in [-0.3, -0.25) is 4.99 Å². The van der Waals surface area contributed by atoms with Crippen LogP contribution < -0.4 is 10.6 Å². The Bertz CT molecular complexity index is 794. The fraction of sp³-hybridized carbons (Fsp3) is 0.571. The van der Waals surface area contributed by atoms with Gasteiger partial charge in [-0.1, -0.05) is 32.0 Å². The van der Waals surface area contributed by atoms with Gasteiger partial charge in [-0.25, -0.2) is 0 Å². The monoisotopic (exact) mass is 354 g/mol. The van der Waals surface area contributed by atoms with E-state index in [0.29, 0.717) is 18.1 Å². The molecule has 26 heavy (non-hydrogen) atoms. The summed E-state index contributed by atoms with van der Waals surface area (Å²) in [5.41, 5.74) is 2.77. The highest BCUT2D eigenvalue weighted by Crippen LogP contribution is 2.52. The van der Waals surface area contributed by atoms with Crippen LogP contribution in [0.15, 0.2) is 35.5 Å². The molecule has 0 bridgehead atoms. The number of nitrogens with zero attached hydrogens (tertiary/aromatic N) is 1. The van der Waals surface area contributed by atoms with Crippen molar-refractivity contribution in [2.24, 2.45) is 16.3 Å². The molecule has 5 nitrogen and oxygen atoms in total. The summed E-state index contributed by atoms with van der Waals surface area (Å²) in [4.78, 5) is 7.77. The molecule has 1 aliphatic heterocycles. The molecule has 2 fully saturated rings. The maximum absolute atomic E-state index is 5.88. The molecule has 1 saturated carbocycles. The zero-order valence-corrected chi connectivity index (χ0v) is 16.0. The summed E-state index contributed by atoms with van der Waals surface area (Å²) in [6, 6.07) is 8.93. The number of benzene rings is 1. The van der Waals surface area contributed by atoms with E-state index in [0.717, 1.165) is 38.4 Å². The summed E-state index contributed by atoms with van der Waals surface area (Å²) in [5.74, 6) is 1.53. The second-order valence-electron chi connectivity index (χ2n) is 8.15. The summed E-state index contributed by atoms with van der Waals surface area (Å²) in [5, 5.41) is 8.46. The number of rotatable bonds is 5. The summed E-state index contributed by atoms with van der Waals surface area (Å²) < 4.78 is 5.88. The number of aromatic amines is 1. The van der Waals surface area contributed by atoms with Crippen molar-refractivity contribution in [3.05, 3.63) is 36.0 Å². The van der Waals surface area contributed by atoms with Gasteiger partial charge in [-0.2, -0.15) is 0 Å². The van der Waals surface area contributed by atoms with Crippen LogP contribution in [0.4, 0.5) is 0 Å². The van der Waals surface area contributed by atoms with Crippen molar-refractivity contribution in [1.29, 1.82) is 0 Å². The van der Waals surface area contributed by atoms with Gasteiger partial charge < -0.3 is 20.4 Å². The summed E-state index contributed by atoms with van der Waals surface area (Å²) in [6.07, 6.45) is 5.82. The molecule has 2 aromatic rings. The van der Waals surface area contributed by atoms with Gasteiger partial charge in [0, 0.05) is 54.7 Å². The normalized spacial score (nSPS) is 27.2. The number of para-hydroxylation sites is 1. The Balaban J connectivity index is 1.27. The van der Waals surface area contributed by atoms with Gasteiger partial charge in [-0.15, -0.1) is 0 Å². The molecule has 1 aromatic heterocycles. The van der Waals surface area contributed by atoms with Crippen molar-refractivity contribution in [2.45, 2.75) is 45.3 Å². The van der Waals surface area contributed by atoms with Gasteiger partial charge in [0.1, 0.15) is 0 Å². The van der Waals surface area contributed by atoms with E-state index in [1.807, 2.05) is 7.05 Å². The molecule has 2 aliphatic rings. The minimum Gasteiger partial charge on any atom is -0.377 e. The first-order valence-corrected chi connectivity index (χ1v) is 9.75. The average molecular weight is 354 g/mol. The first-order valence-electron chi connectivity index (χ1n) is 9.75. The van der Waals surface area contributed by atoms with E-state index in [1.165, 1.54) is 16.5 Å². The van der Waals surface area contributed by atoms with E-state index < -0.39 is 0 Å². The number of aliphatic imine (C=N–C) groups is 1. The van der Waals surface area contributed by atoms with Gasteiger partial charge in [0.2, 0.25) is 0 Å². The number of aryl methyl sites for hydroxylation is 1. The van der Waals surface area contributed by atoms with E-state index in [2.05, 4.69) is 64.9 Å². The van der Waals surface area contributed by atoms with Gasteiger partial charge in [-0.05, 0) is 30.9 Å². The van der Waals surface area contributed by atoms with Gasteiger partial charge >= 0.3 is 0 Å². The molecule has 1 saturated heterocycles. The highest BCUT2D eigenvalue weighted by molar-refractivity contribution is 5.83. The van der Waals surface area contributed by atoms with Crippen LogP contribution in [0.25, 0.3) is 10.9 Å². The first kappa shape index (κ1) is 17.4. The van der Waals surface area contributed by atoms with Crippen molar-refractivity contribution in [3.63, 3.8) is 0 Å². The first-order chi connectivity index (χ1) is 12.6. The lowest BCUT2D eigenvalue weighted by Gasteiger charge is -2.54. The number of nitrogens with one attached hydrogen (secondary N) is 3. The van der Waals surface area contributed by atoms with Gasteiger partial charge in [0.15, 0.2) is 5.96 Å². The minimum absolute atomic E-state index is 0.169. The fourth-order valence-electron chi connectivity index (χ4n) is 4.78. The third kappa shape index (κ3) is 2.98. The Morgan fingerprint density at radius 1 is 1.35 bits per heavy atom. The molecule has 5 heteroatoms. The van der Waals surface area contributed by atoms with Crippen molar-refractivity contribution in [1.82, 2.24) is 15.6 Å². The third-order valence-corrected chi connectivity index (χ3v) is 6.21. The van der Waals surface area contributed by atoms with Crippen LogP contribution in [0, 0.1) is 11.3 Å². The van der Waals surface area contributed by atoms with Crippen LogP contribution in [-0.4, -0.2) is 43.3 Å². The predicted octanol–water partition coefficient (Wildman–Crippen LogP) is 3.08. The highest BCUT2D eigenvalue weighted by Gasteiger charge is 2.59. The highest BCUT2D eigenvalue weighted by atomic mass is 16.5. The topological polar surface area (TPSA) is 61.4 Å². The van der Waals surface area contributed by atoms with Crippen molar-refractivity contribution in [3.8, 4) is 0 Å². The number of H-pyrrole nitrogens is 1. The molecule has 3 unspecified atom stereocenters. The standard InChI is InChI=1S/C21H30N4O/c1-21(2)18(16-10-12-26-19(16)21)25-20(22-3)23-11-6-7-14-13-24-17-9-5-4-8-15(14)17/h4-5,8-9,13,16,18-19,24H,6-7,10-12H2,1-3H3,(H2,22,23,25). The Kier molecular flexibility index (Phi) is 4.65. The lowest BCUT2D eigenvalue weighted by atomic mass is 9.57. The number of fused-ring (bicyclic) bond motifs is 2. The van der Waals surface area contributed by atoms with Crippen molar-refractivity contribution >= 4 is 16.9 Å². The lowest BCUT2D eigenvalue weighted by molar-refractivity contribution is -0.106. The molecule has 0 amide bonds. The summed E-state index contributed by atoms with van der Waals surface area (Å²) in [6.45, 7) is 6.40. The van der Waals surface area contributed by atoms with Crippen LogP contribution in [0.2, 0.25) is 0 Å². The number of guanidine groups is 1. The van der Waals surface area contributed by atoms with Crippen LogP contribution in [0.5, 0.6) is 0 Å².